The van der Waals surface area contributed by atoms with Crippen molar-refractivity contribution in [3.63, 3.8) is 0 Å². The van der Waals surface area contributed by atoms with E-state index in [1.54, 1.807) is 32.9 Å². The Balaban J connectivity index is 2.83. The lowest BCUT2D eigenvalue weighted by molar-refractivity contribution is 0.102. The van der Waals surface area contributed by atoms with Gasteiger partial charge in [-0.1, -0.05) is 13.8 Å². The normalized spacial score (nSPS) is 10.7. The summed E-state index contributed by atoms with van der Waals surface area (Å²) in [5.74, 6) is -0.839. The molecular weight excluding hydrogens is 322 g/mol. The van der Waals surface area contributed by atoms with Crippen LogP contribution >= 0.6 is 0 Å². The number of aromatic amines is 1. The molecule has 0 bridgehead atoms. The van der Waals surface area contributed by atoms with E-state index in [9.17, 15) is 19.5 Å². The number of nitrogens with one attached hydrogen (secondary N) is 1. The minimum Gasteiger partial charge on any atom is -0.395 e. The van der Waals surface area contributed by atoms with Crippen LogP contribution in [0.2, 0.25) is 0 Å². The quantitative estimate of drug-likeness (QED) is 0.789. The van der Waals surface area contributed by atoms with Gasteiger partial charge in [0.2, 0.25) is 5.78 Å². The Hall–Kier alpha value is -2.98. The molecule has 1 aromatic heterocycles. The van der Waals surface area contributed by atoms with Gasteiger partial charge in [-0.3, -0.25) is 19.1 Å². The molecule has 0 aliphatic heterocycles. The van der Waals surface area contributed by atoms with Crippen LogP contribution in [0.15, 0.2) is 27.8 Å². The molecule has 0 saturated heterocycles. The third-order valence-corrected chi connectivity index (χ3v) is 3.82. The third-order valence-electron chi connectivity index (χ3n) is 3.82. The SMILES string of the molecule is Cc1cc(C#N)cc(C(=O)c2c(C(C)C)c(=O)[nH]c(=O)n2CCO)c1. The fraction of sp³-hybridized carbons (Fsp3) is 0.333. The van der Waals surface area contributed by atoms with Crippen LogP contribution in [0.25, 0.3) is 0 Å². The van der Waals surface area contributed by atoms with Gasteiger partial charge in [-0.05, 0) is 36.6 Å². The van der Waals surface area contributed by atoms with Gasteiger partial charge in [-0.25, -0.2) is 4.79 Å². The lowest BCUT2D eigenvalue weighted by Gasteiger charge is -2.17. The molecule has 7 heteroatoms. The molecule has 0 unspecified atom stereocenters. The van der Waals surface area contributed by atoms with E-state index in [2.05, 4.69) is 4.98 Å². The minimum atomic E-state index is -0.750. The number of H-pyrrole nitrogens is 1. The van der Waals surface area contributed by atoms with E-state index < -0.39 is 17.0 Å². The molecule has 0 atom stereocenters. The highest BCUT2D eigenvalue weighted by Crippen LogP contribution is 2.19. The van der Waals surface area contributed by atoms with Gasteiger partial charge in [-0.2, -0.15) is 5.26 Å². The van der Waals surface area contributed by atoms with E-state index in [1.165, 1.54) is 6.07 Å². The number of aliphatic hydroxyl groups is 1. The average molecular weight is 341 g/mol. The van der Waals surface area contributed by atoms with Gasteiger partial charge in [0.25, 0.3) is 5.56 Å². The summed E-state index contributed by atoms with van der Waals surface area (Å²) < 4.78 is 1.08. The fourth-order valence-corrected chi connectivity index (χ4v) is 2.80. The van der Waals surface area contributed by atoms with E-state index in [1.807, 2.05) is 6.07 Å². The molecule has 2 N–H and O–H groups in total. The van der Waals surface area contributed by atoms with Crippen molar-refractivity contribution < 1.29 is 9.90 Å². The number of rotatable bonds is 5. The molecule has 0 radical (unpaired) electrons. The number of benzene rings is 1. The zero-order valence-corrected chi connectivity index (χ0v) is 14.3. The highest BCUT2D eigenvalue weighted by Gasteiger charge is 2.24. The van der Waals surface area contributed by atoms with Crippen LogP contribution in [-0.2, 0) is 6.54 Å². The zero-order chi connectivity index (χ0) is 18.7. The average Bonchev–Trinajstić information content (AvgIpc) is 2.55. The first-order chi connectivity index (χ1) is 11.8. The van der Waals surface area contributed by atoms with E-state index in [4.69, 9.17) is 5.26 Å². The maximum atomic E-state index is 13.1. The summed E-state index contributed by atoms with van der Waals surface area (Å²) in [6.07, 6.45) is 0. The summed E-state index contributed by atoms with van der Waals surface area (Å²) >= 11 is 0. The fourth-order valence-electron chi connectivity index (χ4n) is 2.80. The number of hydrogen-bond donors (Lipinski definition) is 2. The first-order valence-electron chi connectivity index (χ1n) is 7.84. The summed E-state index contributed by atoms with van der Waals surface area (Å²) in [7, 11) is 0. The number of hydrogen-bond acceptors (Lipinski definition) is 5. The minimum absolute atomic E-state index is 0.0488. The summed E-state index contributed by atoms with van der Waals surface area (Å²) in [6, 6.07) is 6.65. The van der Waals surface area contributed by atoms with Crippen LogP contribution in [0.4, 0.5) is 0 Å². The van der Waals surface area contributed by atoms with Crippen LogP contribution < -0.4 is 11.2 Å². The number of nitrogens with zero attached hydrogens (tertiary/aromatic N) is 2. The Morgan fingerprint density at radius 1 is 1.32 bits per heavy atom. The molecule has 0 spiro atoms. The van der Waals surface area contributed by atoms with Crippen molar-refractivity contribution in [2.24, 2.45) is 0 Å². The van der Waals surface area contributed by atoms with Crippen molar-refractivity contribution in [2.45, 2.75) is 33.2 Å². The van der Waals surface area contributed by atoms with Crippen LogP contribution in [0, 0.1) is 18.3 Å². The second-order valence-corrected chi connectivity index (χ2v) is 6.08. The van der Waals surface area contributed by atoms with E-state index in [-0.39, 0.29) is 35.9 Å². The lowest BCUT2D eigenvalue weighted by atomic mass is 9.95. The number of ketones is 1. The van der Waals surface area contributed by atoms with Crippen molar-refractivity contribution >= 4 is 5.78 Å². The first kappa shape index (κ1) is 18.4. The Morgan fingerprint density at radius 3 is 2.56 bits per heavy atom. The number of carbonyl (C=O) groups is 1. The van der Waals surface area contributed by atoms with Crippen LogP contribution in [0.5, 0.6) is 0 Å². The van der Waals surface area contributed by atoms with Crippen molar-refractivity contribution in [1.29, 1.82) is 5.26 Å². The number of aryl methyl sites for hydroxylation is 1. The molecule has 7 nitrogen and oxygen atoms in total. The largest absolute Gasteiger partial charge is 0.395 e. The number of nitriles is 1. The number of aliphatic hydroxyl groups excluding tert-OH is 1. The Kier molecular flexibility index (Phi) is 5.35. The molecule has 2 aromatic rings. The van der Waals surface area contributed by atoms with Gasteiger partial charge in [-0.15, -0.1) is 0 Å². The summed E-state index contributed by atoms with van der Waals surface area (Å²) in [5, 5.41) is 18.3. The molecule has 0 aliphatic rings. The second-order valence-electron chi connectivity index (χ2n) is 6.08. The Morgan fingerprint density at radius 2 is 2.00 bits per heavy atom. The zero-order valence-electron chi connectivity index (χ0n) is 14.3. The molecule has 0 saturated carbocycles. The monoisotopic (exact) mass is 341 g/mol. The summed E-state index contributed by atoms with van der Waals surface area (Å²) in [4.78, 5) is 39.7. The van der Waals surface area contributed by atoms with Crippen molar-refractivity contribution in [3.8, 4) is 6.07 Å². The number of aromatic nitrogens is 2. The number of carbonyl (C=O) groups excluding carboxylic acids is 1. The molecule has 2 rings (SSSR count). The molecule has 0 aliphatic carbocycles. The maximum Gasteiger partial charge on any atom is 0.329 e. The van der Waals surface area contributed by atoms with Gasteiger partial charge in [0, 0.05) is 11.1 Å². The highest BCUT2D eigenvalue weighted by atomic mass is 16.3. The van der Waals surface area contributed by atoms with Crippen molar-refractivity contribution in [2.75, 3.05) is 6.61 Å². The lowest BCUT2D eigenvalue weighted by Crippen LogP contribution is -2.38. The summed E-state index contributed by atoms with van der Waals surface area (Å²) in [5.41, 5.74) is 0.0101. The molecular formula is C18H19N3O4. The predicted octanol–water partition coefficient (Wildman–Crippen LogP) is 1.06. The Bertz CT molecular complexity index is 977. The van der Waals surface area contributed by atoms with E-state index in [0.29, 0.717) is 5.56 Å². The maximum absolute atomic E-state index is 13.1. The van der Waals surface area contributed by atoms with E-state index >= 15 is 0 Å². The van der Waals surface area contributed by atoms with E-state index in [0.717, 1.165) is 10.1 Å². The van der Waals surface area contributed by atoms with Crippen molar-refractivity contribution in [1.82, 2.24) is 9.55 Å². The van der Waals surface area contributed by atoms with Gasteiger partial charge >= 0.3 is 5.69 Å². The second kappa shape index (κ2) is 7.28. The van der Waals surface area contributed by atoms with Crippen LogP contribution in [0.1, 0.15) is 52.5 Å². The Labute approximate surface area is 144 Å². The molecule has 0 fully saturated rings. The first-order valence-corrected chi connectivity index (χ1v) is 7.84. The molecule has 1 aromatic carbocycles. The van der Waals surface area contributed by atoms with Crippen LogP contribution in [-0.4, -0.2) is 27.0 Å². The predicted molar refractivity (Wildman–Crippen MR) is 91.8 cm³/mol. The highest BCUT2D eigenvalue weighted by molar-refractivity contribution is 6.09. The molecule has 130 valence electrons. The third kappa shape index (κ3) is 3.59. The van der Waals surface area contributed by atoms with Gasteiger partial charge in [0.1, 0.15) is 5.69 Å². The standard InChI is InChI=1S/C18H19N3O4/c1-10(2)14-15(21(4-5-22)18(25)20-17(14)24)16(23)13-7-11(3)6-12(8-13)9-19/h6-8,10,22H,4-5H2,1-3H3,(H,20,24,25). The van der Waals surface area contributed by atoms with Crippen molar-refractivity contribution in [3.05, 3.63) is 67.0 Å². The molecule has 0 amide bonds. The van der Waals surface area contributed by atoms with Crippen LogP contribution in [0.3, 0.4) is 0 Å². The topological polar surface area (TPSA) is 116 Å². The molecule has 25 heavy (non-hydrogen) atoms. The van der Waals surface area contributed by atoms with Gasteiger partial charge in [0.05, 0.1) is 24.8 Å². The smallest absolute Gasteiger partial charge is 0.329 e. The summed E-state index contributed by atoms with van der Waals surface area (Å²) in [6.45, 7) is 4.76. The molecule has 1 heterocycles. The van der Waals surface area contributed by atoms with Gasteiger partial charge in [0.15, 0.2) is 0 Å². The van der Waals surface area contributed by atoms with Gasteiger partial charge < -0.3 is 5.11 Å².